The number of aromatic nitrogens is 2. The first-order chi connectivity index (χ1) is 17.7. The van der Waals surface area contributed by atoms with Crippen LogP contribution < -0.4 is 15.1 Å². The zero-order valence-electron chi connectivity index (χ0n) is 20.0. The second-order valence-electron chi connectivity index (χ2n) is 8.82. The zero-order chi connectivity index (χ0) is 24.7. The molecule has 1 N–H and O–H groups in total. The topological polar surface area (TPSA) is 85.1 Å². The highest BCUT2D eigenvalue weighted by molar-refractivity contribution is 5.89. The molecule has 0 bridgehead atoms. The average molecular weight is 477 g/mol. The van der Waals surface area contributed by atoms with Crippen molar-refractivity contribution in [1.29, 1.82) is 5.26 Å². The number of anilines is 2. The van der Waals surface area contributed by atoms with E-state index in [4.69, 9.17) is 9.97 Å². The van der Waals surface area contributed by atoms with Gasteiger partial charge in [0.15, 0.2) is 11.7 Å². The molecule has 0 radical (unpaired) electrons. The average Bonchev–Trinajstić information content (AvgIpc) is 2.94. The maximum absolute atomic E-state index is 13.1. The van der Waals surface area contributed by atoms with Gasteiger partial charge in [-0.1, -0.05) is 60.7 Å². The fraction of sp³-hybridized carbons (Fsp3) is 0.241. The molecule has 4 aromatic rings. The molecule has 1 amide bonds. The minimum atomic E-state index is -1.04. The van der Waals surface area contributed by atoms with Crippen molar-refractivity contribution in [3.63, 3.8) is 0 Å². The number of fused-ring (bicyclic) bond motifs is 1. The van der Waals surface area contributed by atoms with Gasteiger partial charge in [-0.25, -0.2) is 9.97 Å². The van der Waals surface area contributed by atoms with Crippen LogP contribution in [0.4, 0.5) is 11.5 Å². The summed E-state index contributed by atoms with van der Waals surface area (Å²) >= 11 is 0. The summed E-state index contributed by atoms with van der Waals surface area (Å²) in [7, 11) is 0. The lowest BCUT2D eigenvalue weighted by Crippen LogP contribution is -2.47. The summed E-state index contributed by atoms with van der Waals surface area (Å²) in [5.41, 5.74) is 4.17. The first-order valence-corrected chi connectivity index (χ1v) is 12.3. The van der Waals surface area contributed by atoms with Crippen LogP contribution in [0.25, 0.3) is 11.0 Å². The second-order valence-corrected chi connectivity index (χ2v) is 8.82. The second kappa shape index (κ2) is 10.9. The van der Waals surface area contributed by atoms with E-state index in [0.717, 1.165) is 37.3 Å². The predicted molar refractivity (Wildman–Crippen MR) is 142 cm³/mol. The SMILES string of the molecule is N#C[C@@H](C(=O)NCCc1ccccc1)c1nc2ccccc2nc1N1CCN(c2ccccc2)CC1. The standard InChI is InChI=1S/C29H28N6O/c30-21-24(29(36)31-16-15-22-9-3-1-4-10-22)27-28(33-26-14-8-7-13-25(26)32-27)35-19-17-34(18-20-35)23-11-5-2-6-12-23/h1-14,24H,15-20H2,(H,31,36)/t24-/m1/s1. The number of amides is 1. The minimum absolute atomic E-state index is 0.345. The van der Waals surface area contributed by atoms with Crippen LogP contribution in [0.15, 0.2) is 84.9 Å². The van der Waals surface area contributed by atoms with E-state index in [-0.39, 0.29) is 5.91 Å². The molecule has 0 unspecified atom stereocenters. The molecule has 1 aliphatic heterocycles. The van der Waals surface area contributed by atoms with Gasteiger partial charge in [-0.3, -0.25) is 4.79 Å². The summed E-state index contributed by atoms with van der Waals surface area (Å²) in [5.74, 6) is -0.770. The van der Waals surface area contributed by atoms with Gasteiger partial charge in [0, 0.05) is 38.4 Å². The number of para-hydroxylation sites is 3. The van der Waals surface area contributed by atoms with E-state index in [1.54, 1.807) is 0 Å². The summed E-state index contributed by atoms with van der Waals surface area (Å²) in [6.07, 6.45) is 0.697. The van der Waals surface area contributed by atoms with E-state index in [0.29, 0.717) is 30.0 Å². The fourth-order valence-electron chi connectivity index (χ4n) is 4.57. The number of carbonyl (C=O) groups excluding carboxylic acids is 1. The fourth-order valence-corrected chi connectivity index (χ4v) is 4.57. The van der Waals surface area contributed by atoms with Gasteiger partial charge >= 0.3 is 0 Å². The van der Waals surface area contributed by atoms with Gasteiger partial charge < -0.3 is 15.1 Å². The van der Waals surface area contributed by atoms with Gasteiger partial charge in [-0.2, -0.15) is 5.26 Å². The number of piperazine rings is 1. The van der Waals surface area contributed by atoms with Crippen LogP contribution in [0, 0.1) is 11.3 Å². The molecular formula is C29H28N6O. The van der Waals surface area contributed by atoms with Gasteiger partial charge in [-0.15, -0.1) is 0 Å². The monoisotopic (exact) mass is 476 g/mol. The van der Waals surface area contributed by atoms with Crippen molar-refractivity contribution >= 4 is 28.4 Å². The van der Waals surface area contributed by atoms with Crippen molar-refractivity contribution in [2.75, 3.05) is 42.5 Å². The molecule has 1 saturated heterocycles. The van der Waals surface area contributed by atoms with Crippen molar-refractivity contribution in [1.82, 2.24) is 15.3 Å². The van der Waals surface area contributed by atoms with Crippen molar-refractivity contribution in [3.8, 4) is 6.07 Å². The van der Waals surface area contributed by atoms with Crippen LogP contribution in [0.2, 0.25) is 0 Å². The van der Waals surface area contributed by atoms with Gasteiger partial charge in [0.2, 0.25) is 5.91 Å². The molecule has 0 saturated carbocycles. The number of rotatable bonds is 7. The number of nitriles is 1. The number of hydrogen-bond donors (Lipinski definition) is 1. The number of nitrogens with zero attached hydrogens (tertiary/aromatic N) is 5. The molecule has 2 heterocycles. The van der Waals surface area contributed by atoms with Gasteiger partial charge in [0.1, 0.15) is 5.69 Å². The van der Waals surface area contributed by atoms with Crippen LogP contribution in [-0.2, 0) is 11.2 Å². The van der Waals surface area contributed by atoms with Crippen LogP contribution in [0.3, 0.4) is 0 Å². The third kappa shape index (κ3) is 5.13. The lowest BCUT2D eigenvalue weighted by molar-refractivity contribution is -0.121. The molecule has 0 spiro atoms. The van der Waals surface area contributed by atoms with E-state index in [2.05, 4.69) is 33.3 Å². The smallest absolute Gasteiger partial charge is 0.243 e. The minimum Gasteiger partial charge on any atom is -0.368 e. The lowest BCUT2D eigenvalue weighted by Gasteiger charge is -2.37. The van der Waals surface area contributed by atoms with E-state index in [9.17, 15) is 10.1 Å². The van der Waals surface area contributed by atoms with Crippen LogP contribution in [0.5, 0.6) is 0 Å². The highest BCUT2D eigenvalue weighted by Gasteiger charge is 2.30. The Morgan fingerprint density at radius 3 is 2.08 bits per heavy atom. The van der Waals surface area contributed by atoms with Crippen LogP contribution in [0.1, 0.15) is 17.2 Å². The molecule has 5 rings (SSSR count). The maximum Gasteiger partial charge on any atom is 0.243 e. The Kier molecular flexibility index (Phi) is 7.04. The first-order valence-electron chi connectivity index (χ1n) is 12.3. The molecule has 7 nitrogen and oxygen atoms in total. The quantitative estimate of drug-likeness (QED) is 0.435. The molecule has 0 aliphatic carbocycles. The van der Waals surface area contributed by atoms with Crippen LogP contribution >= 0.6 is 0 Å². The predicted octanol–water partition coefficient (Wildman–Crippen LogP) is 3.92. The molecule has 7 heteroatoms. The Labute approximate surface area is 211 Å². The largest absolute Gasteiger partial charge is 0.368 e. The Balaban J connectivity index is 1.37. The molecular weight excluding hydrogens is 448 g/mol. The van der Waals surface area contributed by atoms with Gasteiger partial charge in [0.05, 0.1) is 17.1 Å². The van der Waals surface area contributed by atoms with Gasteiger partial charge in [0.25, 0.3) is 0 Å². The molecule has 1 aliphatic rings. The third-order valence-corrected chi connectivity index (χ3v) is 6.50. The first kappa shape index (κ1) is 23.3. The highest BCUT2D eigenvalue weighted by Crippen LogP contribution is 2.29. The molecule has 36 heavy (non-hydrogen) atoms. The Morgan fingerprint density at radius 1 is 0.833 bits per heavy atom. The molecule has 180 valence electrons. The van der Waals surface area contributed by atoms with Gasteiger partial charge in [-0.05, 0) is 36.2 Å². The van der Waals surface area contributed by atoms with Crippen molar-refractivity contribution < 1.29 is 4.79 Å². The Morgan fingerprint density at radius 2 is 1.42 bits per heavy atom. The number of nitrogens with one attached hydrogen (secondary N) is 1. The summed E-state index contributed by atoms with van der Waals surface area (Å²) in [4.78, 5) is 27.3. The molecule has 1 atom stereocenters. The van der Waals surface area contributed by atoms with E-state index < -0.39 is 5.92 Å². The number of carbonyl (C=O) groups is 1. The summed E-state index contributed by atoms with van der Waals surface area (Å²) in [6.45, 7) is 3.54. The normalized spacial score (nSPS) is 14.3. The van der Waals surface area contributed by atoms with E-state index in [1.807, 2.05) is 72.8 Å². The van der Waals surface area contributed by atoms with E-state index in [1.165, 1.54) is 5.69 Å². The van der Waals surface area contributed by atoms with E-state index >= 15 is 0 Å². The molecule has 1 fully saturated rings. The molecule has 1 aromatic heterocycles. The summed E-state index contributed by atoms with van der Waals surface area (Å²) in [6, 6.07) is 30.1. The maximum atomic E-state index is 13.1. The third-order valence-electron chi connectivity index (χ3n) is 6.50. The summed E-state index contributed by atoms with van der Waals surface area (Å²) < 4.78 is 0. The summed E-state index contributed by atoms with van der Waals surface area (Å²) in [5, 5.41) is 13.0. The zero-order valence-corrected chi connectivity index (χ0v) is 20.0. The molecule has 3 aromatic carbocycles. The Hall–Kier alpha value is -4.44. The van der Waals surface area contributed by atoms with Crippen molar-refractivity contribution in [2.45, 2.75) is 12.3 Å². The number of hydrogen-bond acceptors (Lipinski definition) is 6. The number of benzene rings is 3. The highest BCUT2D eigenvalue weighted by atomic mass is 16.1. The van der Waals surface area contributed by atoms with Crippen molar-refractivity contribution in [3.05, 3.63) is 96.2 Å². The van der Waals surface area contributed by atoms with Crippen LogP contribution in [-0.4, -0.2) is 48.6 Å². The lowest BCUT2D eigenvalue weighted by atomic mass is 10.0. The Bertz CT molecular complexity index is 1360. The van der Waals surface area contributed by atoms with Crippen molar-refractivity contribution in [2.24, 2.45) is 0 Å².